The Morgan fingerprint density at radius 2 is 1.86 bits per heavy atom. The molecule has 0 bridgehead atoms. The zero-order valence-corrected chi connectivity index (χ0v) is 15.6. The minimum atomic E-state index is -1.77. The van der Waals surface area contributed by atoms with Gasteiger partial charge < -0.3 is 9.33 Å². The van der Waals surface area contributed by atoms with Crippen LogP contribution >= 0.6 is 0 Å². The highest BCUT2D eigenvalue weighted by molar-refractivity contribution is 6.74. The van der Waals surface area contributed by atoms with E-state index >= 15 is 0 Å². The molecule has 122 valence electrons. The number of hydrogen-bond donors (Lipinski definition) is 0. The molecule has 0 aliphatic carbocycles. The first-order chi connectivity index (χ1) is 10.2. The molecule has 0 N–H and O–H groups in total. The minimum Gasteiger partial charge on any atom is -0.412 e. The highest BCUT2D eigenvalue weighted by atomic mass is 28.4. The van der Waals surface area contributed by atoms with Crippen LogP contribution in [0.4, 0.5) is 0 Å². The summed E-state index contributed by atoms with van der Waals surface area (Å²) in [5, 5.41) is 0.207. The van der Waals surface area contributed by atoms with Gasteiger partial charge in [-0.05, 0) is 30.1 Å². The number of piperidine rings is 1. The molecule has 22 heavy (non-hydrogen) atoms. The van der Waals surface area contributed by atoms with Crippen LogP contribution in [-0.4, -0.2) is 31.8 Å². The molecule has 0 saturated carbocycles. The van der Waals surface area contributed by atoms with Gasteiger partial charge in [0.15, 0.2) is 8.32 Å². The number of rotatable bonds is 4. The Morgan fingerprint density at radius 3 is 2.45 bits per heavy atom. The second kappa shape index (κ2) is 6.55. The minimum absolute atomic E-state index is 0.183. The topological polar surface area (TPSA) is 29.5 Å². The lowest BCUT2D eigenvalue weighted by atomic mass is 10.1. The lowest BCUT2D eigenvalue weighted by molar-refractivity contribution is -0.137. The summed E-state index contributed by atoms with van der Waals surface area (Å²) in [7, 11) is -1.77. The fraction of sp³-hybridized carbons (Fsp3) is 0.611. The number of benzene rings is 1. The fourth-order valence-corrected chi connectivity index (χ4v) is 3.91. The second-order valence-corrected chi connectivity index (χ2v) is 12.6. The van der Waals surface area contributed by atoms with E-state index in [9.17, 15) is 4.79 Å². The predicted molar refractivity (Wildman–Crippen MR) is 93.2 cm³/mol. The average Bonchev–Trinajstić information content (AvgIpc) is 2.42. The Kier molecular flexibility index (Phi) is 5.13. The van der Waals surface area contributed by atoms with Gasteiger partial charge >= 0.3 is 0 Å². The van der Waals surface area contributed by atoms with Gasteiger partial charge in [-0.2, -0.15) is 0 Å². The summed E-state index contributed by atoms with van der Waals surface area (Å²) in [6, 6.07) is 10.2. The Hall–Kier alpha value is -1.13. The van der Waals surface area contributed by atoms with Crippen molar-refractivity contribution in [3.05, 3.63) is 35.9 Å². The van der Waals surface area contributed by atoms with Crippen LogP contribution in [0.5, 0.6) is 0 Å². The smallest absolute Gasteiger partial charge is 0.223 e. The summed E-state index contributed by atoms with van der Waals surface area (Å²) in [6.45, 7) is 12.8. The van der Waals surface area contributed by atoms with Crippen LogP contribution < -0.4 is 0 Å². The van der Waals surface area contributed by atoms with E-state index in [0.29, 0.717) is 13.0 Å². The van der Waals surface area contributed by atoms with Crippen LogP contribution in [0.25, 0.3) is 0 Å². The number of amides is 1. The van der Waals surface area contributed by atoms with Gasteiger partial charge in [0, 0.05) is 19.5 Å². The van der Waals surface area contributed by atoms with Crippen molar-refractivity contribution in [2.75, 3.05) is 6.54 Å². The summed E-state index contributed by atoms with van der Waals surface area (Å²) in [5.41, 5.74) is 1.18. The van der Waals surface area contributed by atoms with Gasteiger partial charge in [0.1, 0.15) is 0 Å². The molecule has 1 aromatic rings. The van der Waals surface area contributed by atoms with Gasteiger partial charge in [-0.1, -0.05) is 51.1 Å². The molecule has 0 radical (unpaired) electrons. The van der Waals surface area contributed by atoms with E-state index < -0.39 is 8.32 Å². The molecule has 1 atom stereocenters. The van der Waals surface area contributed by atoms with Gasteiger partial charge in [0.05, 0.1) is 6.10 Å². The van der Waals surface area contributed by atoms with Crippen molar-refractivity contribution in [3.63, 3.8) is 0 Å². The normalized spacial score (nSPS) is 20.3. The van der Waals surface area contributed by atoms with E-state index in [2.05, 4.69) is 46.0 Å². The molecule has 3 nitrogen and oxygen atoms in total. The van der Waals surface area contributed by atoms with Crippen molar-refractivity contribution in [1.29, 1.82) is 0 Å². The number of likely N-dealkylation sites (tertiary alicyclic amines) is 1. The maximum Gasteiger partial charge on any atom is 0.223 e. The first kappa shape index (κ1) is 17.2. The van der Waals surface area contributed by atoms with Crippen molar-refractivity contribution in [2.45, 2.75) is 64.4 Å². The number of carbonyl (C=O) groups excluding carboxylic acids is 1. The maximum atomic E-state index is 12.2. The monoisotopic (exact) mass is 319 g/mol. The van der Waals surface area contributed by atoms with E-state index in [0.717, 1.165) is 13.0 Å². The Balaban J connectivity index is 2.01. The third-order valence-corrected chi connectivity index (χ3v) is 9.48. The third kappa shape index (κ3) is 4.20. The lowest BCUT2D eigenvalue weighted by Crippen LogP contribution is -2.50. The van der Waals surface area contributed by atoms with E-state index in [1.54, 1.807) is 0 Å². The van der Waals surface area contributed by atoms with Gasteiger partial charge in [-0.25, -0.2) is 0 Å². The van der Waals surface area contributed by atoms with Crippen molar-refractivity contribution in [1.82, 2.24) is 4.90 Å². The molecule has 1 aliphatic heterocycles. The van der Waals surface area contributed by atoms with Crippen LogP contribution in [0.2, 0.25) is 18.1 Å². The Bertz CT molecular complexity index is 508. The second-order valence-electron chi connectivity index (χ2n) is 7.80. The fourth-order valence-electron chi connectivity index (χ4n) is 2.53. The first-order valence-electron chi connectivity index (χ1n) is 8.18. The molecular formula is C18H29NO2Si. The maximum absolute atomic E-state index is 12.2. The van der Waals surface area contributed by atoms with E-state index in [-0.39, 0.29) is 17.0 Å². The summed E-state index contributed by atoms with van der Waals surface area (Å²) >= 11 is 0. The number of hydrogen-bond acceptors (Lipinski definition) is 2. The Morgan fingerprint density at radius 1 is 1.23 bits per heavy atom. The van der Waals surface area contributed by atoms with Crippen molar-refractivity contribution in [2.24, 2.45) is 0 Å². The van der Waals surface area contributed by atoms with Crippen molar-refractivity contribution >= 4 is 14.2 Å². The molecule has 1 heterocycles. The molecule has 1 aromatic carbocycles. The van der Waals surface area contributed by atoms with Gasteiger partial charge in [0.2, 0.25) is 5.91 Å². The predicted octanol–water partition coefficient (Wildman–Crippen LogP) is 4.20. The Labute approximate surface area is 135 Å². The highest BCUT2D eigenvalue weighted by Crippen LogP contribution is 2.38. The van der Waals surface area contributed by atoms with E-state index in [1.807, 2.05) is 23.1 Å². The summed E-state index contributed by atoms with van der Waals surface area (Å²) < 4.78 is 6.50. The third-order valence-electron chi connectivity index (χ3n) is 4.94. The molecule has 1 aliphatic rings. The number of carbonyl (C=O) groups is 1. The molecule has 1 saturated heterocycles. The quantitative estimate of drug-likeness (QED) is 0.778. The molecule has 1 fully saturated rings. The van der Waals surface area contributed by atoms with Crippen molar-refractivity contribution in [3.8, 4) is 0 Å². The first-order valence-corrected chi connectivity index (χ1v) is 11.1. The van der Waals surface area contributed by atoms with Crippen LogP contribution in [-0.2, 0) is 15.8 Å². The van der Waals surface area contributed by atoms with Gasteiger partial charge in [0.25, 0.3) is 0 Å². The van der Waals surface area contributed by atoms with Crippen LogP contribution in [0.1, 0.15) is 39.2 Å². The summed E-state index contributed by atoms with van der Waals surface area (Å²) in [6.07, 6.45) is 1.64. The zero-order chi connectivity index (χ0) is 16.4. The molecule has 1 amide bonds. The van der Waals surface area contributed by atoms with Crippen LogP contribution in [0, 0.1) is 0 Å². The number of nitrogens with zero attached hydrogens (tertiary/aromatic N) is 1. The standard InChI is InChI=1S/C18H29NO2Si/c1-18(2,3)22(4,5)21-16-11-12-17(20)19(14-16)13-15-9-7-6-8-10-15/h6-10,16H,11-14H2,1-5H3/t16-/m1/s1. The summed E-state index contributed by atoms with van der Waals surface area (Å²) in [4.78, 5) is 14.1. The molecule has 2 rings (SSSR count). The highest BCUT2D eigenvalue weighted by Gasteiger charge is 2.40. The van der Waals surface area contributed by atoms with Gasteiger partial charge in [-0.15, -0.1) is 0 Å². The molecular weight excluding hydrogens is 290 g/mol. The lowest BCUT2D eigenvalue weighted by Gasteiger charge is -2.42. The SMILES string of the molecule is CC(C)(C)[Si](C)(C)O[C@@H]1CCC(=O)N(Cc2ccccc2)C1. The molecule has 0 unspecified atom stereocenters. The summed E-state index contributed by atoms with van der Waals surface area (Å²) in [5.74, 6) is 0.249. The largest absolute Gasteiger partial charge is 0.412 e. The average molecular weight is 320 g/mol. The van der Waals surface area contributed by atoms with Gasteiger partial charge in [-0.3, -0.25) is 4.79 Å². The van der Waals surface area contributed by atoms with E-state index in [4.69, 9.17) is 4.43 Å². The van der Waals surface area contributed by atoms with E-state index in [1.165, 1.54) is 5.56 Å². The van der Waals surface area contributed by atoms with Crippen LogP contribution in [0.3, 0.4) is 0 Å². The molecule has 0 aromatic heterocycles. The van der Waals surface area contributed by atoms with Crippen molar-refractivity contribution < 1.29 is 9.22 Å². The zero-order valence-electron chi connectivity index (χ0n) is 14.6. The van der Waals surface area contributed by atoms with Crippen LogP contribution in [0.15, 0.2) is 30.3 Å². The molecule has 0 spiro atoms. The molecule has 4 heteroatoms.